The van der Waals surface area contributed by atoms with E-state index in [1.807, 2.05) is 20.8 Å². The minimum Gasteiger partial charge on any atom is -0.494 e. The summed E-state index contributed by atoms with van der Waals surface area (Å²) in [6.45, 7) is 10.1. The van der Waals surface area contributed by atoms with E-state index in [1.54, 1.807) is 31.2 Å². The number of carbonyl (C=O) groups excluding carboxylic acids is 4. The molecule has 0 unspecified atom stereocenters. The average molecular weight is 615 g/mol. The molecule has 1 aromatic heterocycles. The number of furan rings is 1. The maximum absolute atomic E-state index is 13.1. The van der Waals surface area contributed by atoms with E-state index in [4.69, 9.17) is 9.15 Å². The number of carbonyl (C=O) groups is 4. The zero-order valence-corrected chi connectivity index (χ0v) is 26.8. The molecule has 0 fully saturated rings. The van der Waals surface area contributed by atoms with Crippen molar-refractivity contribution in [1.82, 2.24) is 21.0 Å². The molecule has 0 aliphatic carbocycles. The van der Waals surface area contributed by atoms with Crippen LogP contribution in [0.3, 0.4) is 0 Å². The number of hydroxylamine groups is 2. The van der Waals surface area contributed by atoms with Crippen LogP contribution in [0.15, 0.2) is 34.7 Å². The van der Waals surface area contributed by atoms with Crippen LogP contribution < -0.4 is 20.7 Å². The molecule has 1 aromatic carbocycles. The van der Waals surface area contributed by atoms with E-state index in [-0.39, 0.29) is 30.3 Å². The Kier molecular flexibility index (Phi) is 16.0. The molecule has 0 bridgehead atoms. The highest BCUT2D eigenvalue weighted by molar-refractivity contribution is 5.96. The van der Waals surface area contributed by atoms with Crippen LogP contribution >= 0.6 is 0 Å². The first-order chi connectivity index (χ1) is 21.2. The molecular weight excluding hydrogens is 564 g/mol. The predicted molar refractivity (Wildman–Crippen MR) is 168 cm³/mol. The van der Waals surface area contributed by atoms with Crippen LogP contribution in [0.2, 0.25) is 0 Å². The fourth-order valence-corrected chi connectivity index (χ4v) is 5.11. The lowest BCUT2D eigenvalue weighted by Crippen LogP contribution is -2.47. The average Bonchev–Trinajstić information content (AvgIpc) is 3.53. The first-order valence-electron chi connectivity index (χ1n) is 15.9. The van der Waals surface area contributed by atoms with Gasteiger partial charge in [-0.25, -0.2) is 5.06 Å². The van der Waals surface area contributed by atoms with Crippen molar-refractivity contribution in [2.75, 3.05) is 13.3 Å². The Morgan fingerprint density at radius 2 is 1.68 bits per heavy atom. The normalized spacial score (nSPS) is 13.0. The molecule has 11 heteroatoms. The third kappa shape index (κ3) is 11.0. The number of benzene rings is 1. The van der Waals surface area contributed by atoms with Gasteiger partial charge in [-0.1, -0.05) is 59.8 Å². The molecule has 2 aromatic rings. The van der Waals surface area contributed by atoms with Gasteiger partial charge in [0.15, 0.2) is 5.76 Å². The molecule has 0 aliphatic heterocycles. The second-order valence-corrected chi connectivity index (χ2v) is 10.9. The second kappa shape index (κ2) is 19.4. The summed E-state index contributed by atoms with van der Waals surface area (Å²) in [6.07, 6.45) is 7.68. The molecule has 0 saturated carbocycles. The Morgan fingerprint density at radius 3 is 2.32 bits per heavy atom. The first-order valence-corrected chi connectivity index (χ1v) is 15.9. The Labute approximate surface area is 261 Å². The van der Waals surface area contributed by atoms with Gasteiger partial charge in [0.25, 0.3) is 11.8 Å². The highest BCUT2D eigenvalue weighted by atomic mass is 16.5. The first kappa shape index (κ1) is 36.3. The van der Waals surface area contributed by atoms with Crippen molar-refractivity contribution in [2.24, 2.45) is 5.92 Å². The van der Waals surface area contributed by atoms with Crippen LogP contribution in [0.1, 0.15) is 113 Å². The lowest BCUT2D eigenvalue weighted by atomic mass is 9.90. The number of rotatable bonds is 21. The molecule has 3 atom stereocenters. The van der Waals surface area contributed by atoms with Crippen molar-refractivity contribution in [3.8, 4) is 17.1 Å². The summed E-state index contributed by atoms with van der Waals surface area (Å²) in [4.78, 5) is 50.1. The van der Waals surface area contributed by atoms with E-state index in [1.165, 1.54) is 6.07 Å². The molecule has 0 radical (unpaired) electrons. The standard InChI is InChI=1S/C33H50N4O7/c1-6-11-13-15-27(28(9-4)37(42)22-38)32(40)34-21-35-33(41)30-17-16-29(44-30)23-18-24(20-26(19-23)43-10-5)31(39)36-25(8-3)14-12-7-2/h16-20,22,25,27-28,42H,6-15,21H2,1-5H3,(H,34,40)(H,35,41)(H,36,39)/t25-,27+,28+/m0/s1. The zero-order valence-electron chi connectivity index (χ0n) is 26.8. The van der Waals surface area contributed by atoms with Crippen molar-refractivity contribution in [2.45, 2.75) is 104 Å². The number of unbranched alkanes of at least 4 members (excludes halogenated alkanes) is 3. The molecule has 1 heterocycles. The largest absolute Gasteiger partial charge is 0.494 e. The van der Waals surface area contributed by atoms with Crippen LogP contribution in [0.5, 0.6) is 5.75 Å². The highest BCUT2D eigenvalue weighted by Gasteiger charge is 2.30. The second-order valence-electron chi connectivity index (χ2n) is 10.9. The van der Waals surface area contributed by atoms with Gasteiger partial charge in [0, 0.05) is 17.2 Å². The SMILES string of the molecule is CCCCC[C@@H](C(=O)NCNC(=O)c1ccc(-c2cc(OCC)cc(C(=O)N[C@@H](CC)CCCC)c2)o1)[C@@H](CC)N(O)C=O. The Morgan fingerprint density at radius 1 is 0.932 bits per heavy atom. The molecule has 4 amide bonds. The van der Waals surface area contributed by atoms with E-state index in [9.17, 15) is 24.4 Å². The summed E-state index contributed by atoms with van der Waals surface area (Å²) in [7, 11) is 0. The van der Waals surface area contributed by atoms with Crippen molar-refractivity contribution in [1.29, 1.82) is 0 Å². The van der Waals surface area contributed by atoms with Gasteiger partial charge in [0.05, 0.1) is 25.2 Å². The Hall–Kier alpha value is -3.86. The lowest BCUT2D eigenvalue weighted by Gasteiger charge is -2.29. The van der Waals surface area contributed by atoms with Crippen molar-refractivity contribution in [3.63, 3.8) is 0 Å². The predicted octanol–water partition coefficient (Wildman–Crippen LogP) is 5.67. The number of ether oxygens (including phenoxy) is 1. The maximum atomic E-state index is 13.1. The van der Waals surface area contributed by atoms with Gasteiger partial charge in [-0.15, -0.1) is 0 Å². The van der Waals surface area contributed by atoms with Gasteiger partial charge >= 0.3 is 0 Å². The van der Waals surface area contributed by atoms with Gasteiger partial charge in [0.1, 0.15) is 11.5 Å². The zero-order chi connectivity index (χ0) is 32.5. The number of hydrogen-bond donors (Lipinski definition) is 4. The van der Waals surface area contributed by atoms with Gasteiger partial charge in [-0.3, -0.25) is 24.4 Å². The molecule has 11 nitrogen and oxygen atoms in total. The van der Waals surface area contributed by atoms with E-state index in [0.29, 0.717) is 53.6 Å². The van der Waals surface area contributed by atoms with Crippen LogP contribution in [0, 0.1) is 5.92 Å². The smallest absolute Gasteiger partial charge is 0.288 e. The van der Waals surface area contributed by atoms with E-state index in [0.717, 1.165) is 44.9 Å². The summed E-state index contributed by atoms with van der Waals surface area (Å²) in [5.74, 6) is -0.815. The molecule has 0 spiro atoms. The number of hydrogen-bond acceptors (Lipinski definition) is 7. The topological polar surface area (TPSA) is 150 Å². The molecule has 44 heavy (non-hydrogen) atoms. The molecule has 0 saturated heterocycles. The number of amides is 4. The molecule has 2 rings (SSSR count). The van der Waals surface area contributed by atoms with Crippen molar-refractivity contribution >= 4 is 24.1 Å². The monoisotopic (exact) mass is 614 g/mol. The summed E-state index contributed by atoms with van der Waals surface area (Å²) in [5.41, 5.74) is 1.01. The van der Waals surface area contributed by atoms with E-state index in [2.05, 4.69) is 22.9 Å². The highest BCUT2D eigenvalue weighted by Crippen LogP contribution is 2.28. The van der Waals surface area contributed by atoms with E-state index >= 15 is 0 Å². The summed E-state index contributed by atoms with van der Waals surface area (Å²) in [5, 5.41) is 19.0. The van der Waals surface area contributed by atoms with Gasteiger partial charge in [0.2, 0.25) is 12.3 Å². The molecule has 4 N–H and O–H groups in total. The van der Waals surface area contributed by atoms with Gasteiger partial charge in [-0.05, 0) is 62.9 Å². The third-order valence-electron chi connectivity index (χ3n) is 7.63. The molecule has 0 aliphatic rings. The van der Waals surface area contributed by atoms with E-state index < -0.39 is 17.9 Å². The Balaban J connectivity index is 2.12. The lowest BCUT2D eigenvalue weighted by molar-refractivity contribution is -0.168. The molecular formula is C33H50N4O7. The maximum Gasteiger partial charge on any atom is 0.288 e. The fourth-order valence-electron chi connectivity index (χ4n) is 5.11. The minimum atomic E-state index is -0.670. The van der Waals surface area contributed by atoms with Crippen molar-refractivity contribution < 1.29 is 33.5 Å². The minimum absolute atomic E-state index is 0.0288. The van der Waals surface area contributed by atoms with Crippen LogP contribution in [0.4, 0.5) is 0 Å². The van der Waals surface area contributed by atoms with Crippen LogP contribution in [0.25, 0.3) is 11.3 Å². The summed E-state index contributed by atoms with van der Waals surface area (Å²) >= 11 is 0. The van der Waals surface area contributed by atoms with Gasteiger partial charge < -0.3 is 25.1 Å². The van der Waals surface area contributed by atoms with Gasteiger partial charge in [-0.2, -0.15) is 0 Å². The number of nitrogens with one attached hydrogen (secondary N) is 3. The fraction of sp³-hybridized carbons (Fsp3) is 0.576. The van der Waals surface area contributed by atoms with Crippen LogP contribution in [-0.4, -0.2) is 59.8 Å². The summed E-state index contributed by atoms with van der Waals surface area (Å²) < 4.78 is 11.5. The van der Waals surface area contributed by atoms with Crippen LogP contribution in [-0.2, 0) is 9.59 Å². The number of nitrogens with zero attached hydrogens (tertiary/aromatic N) is 1. The molecule has 244 valence electrons. The Bertz CT molecular complexity index is 1200. The summed E-state index contributed by atoms with van der Waals surface area (Å²) in [6, 6.07) is 7.72. The van der Waals surface area contributed by atoms with Crippen molar-refractivity contribution in [3.05, 3.63) is 41.7 Å². The quantitative estimate of drug-likeness (QED) is 0.0465. The third-order valence-corrected chi connectivity index (χ3v) is 7.63.